The van der Waals surface area contributed by atoms with Crippen molar-refractivity contribution in [1.82, 2.24) is 10.6 Å². The molecular weight excluding hydrogens is 164 g/mol. The molecular formula is C10H20N2O. The minimum absolute atomic E-state index is 0.0266. The molecule has 1 saturated carbocycles. The first kappa shape index (κ1) is 10.5. The molecule has 1 amide bonds. The van der Waals surface area contributed by atoms with Gasteiger partial charge in [0.05, 0.1) is 6.04 Å². The number of hydrogen-bond acceptors (Lipinski definition) is 2. The summed E-state index contributed by atoms with van der Waals surface area (Å²) in [6, 6.07) is 0.404. The molecule has 0 aromatic heterocycles. The van der Waals surface area contributed by atoms with Crippen molar-refractivity contribution in [2.75, 3.05) is 7.05 Å². The Bertz CT molecular complexity index is 176. The normalized spacial score (nSPS) is 19.7. The second kappa shape index (κ2) is 4.61. The number of nitrogens with one attached hydrogen (secondary N) is 2. The summed E-state index contributed by atoms with van der Waals surface area (Å²) in [7, 11) is 1.70. The summed E-state index contributed by atoms with van der Waals surface area (Å²) in [6.45, 7) is 4.16. The highest BCUT2D eigenvalue weighted by atomic mass is 16.2. The third kappa shape index (κ3) is 2.69. The van der Waals surface area contributed by atoms with Gasteiger partial charge in [0.25, 0.3) is 0 Å². The summed E-state index contributed by atoms with van der Waals surface area (Å²) in [6.07, 6.45) is 3.66. The molecule has 0 unspecified atom stereocenters. The van der Waals surface area contributed by atoms with Crippen molar-refractivity contribution in [3.8, 4) is 0 Å². The molecule has 0 aromatic rings. The molecule has 0 radical (unpaired) electrons. The van der Waals surface area contributed by atoms with Crippen LogP contribution in [0.15, 0.2) is 0 Å². The predicted molar refractivity (Wildman–Crippen MR) is 53.5 cm³/mol. The molecule has 1 aliphatic rings. The standard InChI is InChI=1S/C10H20N2O/c1-7(2)12-9(10(13)11-3)8-5-4-6-8/h7-9,12H,4-6H2,1-3H3,(H,11,13)/t9-/m0/s1. The Balaban J connectivity index is 2.47. The number of likely N-dealkylation sites (N-methyl/N-ethyl adjacent to an activating group) is 1. The van der Waals surface area contributed by atoms with E-state index in [1.165, 1.54) is 19.3 Å². The lowest BCUT2D eigenvalue weighted by Gasteiger charge is -2.34. The summed E-state index contributed by atoms with van der Waals surface area (Å²) in [5.74, 6) is 0.695. The van der Waals surface area contributed by atoms with Gasteiger partial charge in [-0.15, -0.1) is 0 Å². The minimum atomic E-state index is 0.0266. The molecule has 3 nitrogen and oxygen atoms in total. The fourth-order valence-corrected chi connectivity index (χ4v) is 1.71. The van der Waals surface area contributed by atoms with Crippen LogP contribution >= 0.6 is 0 Å². The molecule has 0 heterocycles. The largest absolute Gasteiger partial charge is 0.358 e. The van der Waals surface area contributed by atoms with E-state index in [1.54, 1.807) is 7.05 Å². The topological polar surface area (TPSA) is 41.1 Å². The van der Waals surface area contributed by atoms with E-state index >= 15 is 0 Å². The zero-order valence-electron chi connectivity index (χ0n) is 8.76. The summed E-state index contributed by atoms with van der Waals surface area (Å²) < 4.78 is 0. The van der Waals surface area contributed by atoms with Crippen molar-refractivity contribution in [1.29, 1.82) is 0 Å². The molecule has 1 fully saturated rings. The van der Waals surface area contributed by atoms with E-state index in [0.29, 0.717) is 12.0 Å². The fourth-order valence-electron chi connectivity index (χ4n) is 1.71. The van der Waals surface area contributed by atoms with Crippen molar-refractivity contribution in [3.05, 3.63) is 0 Å². The lowest BCUT2D eigenvalue weighted by atomic mass is 9.79. The molecule has 1 rings (SSSR count). The number of hydrogen-bond donors (Lipinski definition) is 2. The molecule has 1 atom stereocenters. The van der Waals surface area contributed by atoms with E-state index in [-0.39, 0.29) is 11.9 Å². The molecule has 76 valence electrons. The molecule has 3 heteroatoms. The maximum absolute atomic E-state index is 11.5. The quantitative estimate of drug-likeness (QED) is 0.681. The minimum Gasteiger partial charge on any atom is -0.358 e. The van der Waals surface area contributed by atoms with Crippen molar-refractivity contribution in [3.63, 3.8) is 0 Å². The van der Waals surface area contributed by atoms with Crippen LogP contribution in [0.1, 0.15) is 33.1 Å². The molecule has 0 bridgehead atoms. The van der Waals surface area contributed by atoms with E-state index in [4.69, 9.17) is 0 Å². The van der Waals surface area contributed by atoms with Gasteiger partial charge in [-0.2, -0.15) is 0 Å². The van der Waals surface area contributed by atoms with Gasteiger partial charge in [0, 0.05) is 13.1 Å². The Labute approximate surface area is 80.3 Å². The van der Waals surface area contributed by atoms with Crippen molar-refractivity contribution >= 4 is 5.91 Å². The van der Waals surface area contributed by atoms with Gasteiger partial charge in [-0.3, -0.25) is 4.79 Å². The SMILES string of the molecule is CNC(=O)[C@@H](NC(C)C)C1CCC1. The second-order valence-electron chi connectivity index (χ2n) is 4.10. The Morgan fingerprint density at radius 1 is 1.38 bits per heavy atom. The number of carbonyl (C=O) groups is 1. The van der Waals surface area contributed by atoms with Crippen molar-refractivity contribution in [2.45, 2.75) is 45.2 Å². The van der Waals surface area contributed by atoms with Crippen molar-refractivity contribution < 1.29 is 4.79 Å². The van der Waals surface area contributed by atoms with Crippen molar-refractivity contribution in [2.24, 2.45) is 5.92 Å². The summed E-state index contributed by atoms with van der Waals surface area (Å²) in [5.41, 5.74) is 0. The fraction of sp³-hybridized carbons (Fsp3) is 0.900. The summed E-state index contributed by atoms with van der Waals surface area (Å²) in [4.78, 5) is 11.5. The second-order valence-corrected chi connectivity index (χ2v) is 4.10. The van der Waals surface area contributed by atoms with Gasteiger partial charge >= 0.3 is 0 Å². The lowest BCUT2D eigenvalue weighted by Crippen LogP contribution is -2.51. The van der Waals surface area contributed by atoms with Crippen LogP contribution in [0.2, 0.25) is 0 Å². The lowest BCUT2D eigenvalue weighted by molar-refractivity contribution is -0.125. The first-order chi connectivity index (χ1) is 6.15. The highest BCUT2D eigenvalue weighted by Crippen LogP contribution is 2.29. The van der Waals surface area contributed by atoms with Gasteiger partial charge in [0.2, 0.25) is 5.91 Å². The smallest absolute Gasteiger partial charge is 0.237 e. The van der Waals surface area contributed by atoms with Crippen LogP contribution in [0.4, 0.5) is 0 Å². The third-order valence-electron chi connectivity index (χ3n) is 2.66. The Kier molecular flexibility index (Phi) is 3.72. The third-order valence-corrected chi connectivity index (χ3v) is 2.66. The molecule has 13 heavy (non-hydrogen) atoms. The van der Waals surface area contributed by atoms with Crippen LogP contribution < -0.4 is 10.6 Å². The van der Waals surface area contributed by atoms with E-state index in [2.05, 4.69) is 24.5 Å². The Morgan fingerprint density at radius 2 is 2.00 bits per heavy atom. The van der Waals surface area contributed by atoms with E-state index in [0.717, 1.165) is 0 Å². The van der Waals surface area contributed by atoms with Gasteiger partial charge in [-0.1, -0.05) is 20.3 Å². The van der Waals surface area contributed by atoms with Crippen LogP contribution in [0.25, 0.3) is 0 Å². The average molecular weight is 184 g/mol. The number of carbonyl (C=O) groups excluding carboxylic acids is 1. The molecule has 0 aliphatic heterocycles. The average Bonchev–Trinajstić information content (AvgIpc) is 1.98. The number of amides is 1. The monoisotopic (exact) mass is 184 g/mol. The molecule has 0 aromatic carbocycles. The highest BCUT2D eigenvalue weighted by Gasteiger charge is 2.31. The Morgan fingerprint density at radius 3 is 2.31 bits per heavy atom. The molecule has 2 N–H and O–H groups in total. The van der Waals surface area contributed by atoms with Gasteiger partial charge in [0.15, 0.2) is 0 Å². The van der Waals surface area contributed by atoms with E-state index in [9.17, 15) is 4.79 Å². The molecule has 0 spiro atoms. The zero-order chi connectivity index (χ0) is 9.84. The van der Waals surface area contributed by atoms with E-state index in [1.807, 2.05) is 0 Å². The van der Waals surface area contributed by atoms with Crippen LogP contribution in [0.5, 0.6) is 0 Å². The van der Waals surface area contributed by atoms with Gasteiger partial charge in [0.1, 0.15) is 0 Å². The summed E-state index contributed by atoms with van der Waals surface area (Å²) >= 11 is 0. The summed E-state index contributed by atoms with van der Waals surface area (Å²) in [5, 5.41) is 6.04. The first-order valence-electron chi connectivity index (χ1n) is 5.12. The zero-order valence-corrected chi connectivity index (χ0v) is 8.76. The van der Waals surface area contributed by atoms with Gasteiger partial charge in [-0.25, -0.2) is 0 Å². The van der Waals surface area contributed by atoms with Gasteiger partial charge in [-0.05, 0) is 18.8 Å². The maximum Gasteiger partial charge on any atom is 0.237 e. The highest BCUT2D eigenvalue weighted by molar-refractivity contribution is 5.81. The van der Waals surface area contributed by atoms with E-state index < -0.39 is 0 Å². The van der Waals surface area contributed by atoms with Crippen LogP contribution in [-0.4, -0.2) is 25.0 Å². The van der Waals surface area contributed by atoms with Crippen LogP contribution in [-0.2, 0) is 4.79 Å². The molecule has 1 aliphatic carbocycles. The van der Waals surface area contributed by atoms with Crippen LogP contribution in [0, 0.1) is 5.92 Å². The Hall–Kier alpha value is -0.570. The molecule has 0 saturated heterocycles. The first-order valence-corrected chi connectivity index (χ1v) is 5.12. The predicted octanol–water partition coefficient (Wildman–Crippen LogP) is 0.899. The van der Waals surface area contributed by atoms with Gasteiger partial charge < -0.3 is 10.6 Å². The maximum atomic E-state index is 11.5. The number of rotatable bonds is 4. The van der Waals surface area contributed by atoms with Crippen LogP contribution in [0.3, 0.4) is 0 Å².